The molecule has 0 saturated carbocycles. The highest BCUT2D eigenvalue weighted by Crippen LogP contribution is 2.50. The van der Waals surface area contributed by atoms with Gasteiger partial charge < -0.3 is 26.6 Å². The van der Waals surface area contributed by atoms with Crippen molar-refractivity contribution in [3.63, 3.8) is 0 Å². The van der Waals surface area contributed by atoms with E-state index in [9.17, 15) is 0 Å². The summed E-state index contributed by atoms with van der Waals surface area (Å²) in [6.45, 7) is 0. The Morgan fingerprint density at radius 2 is 0.294 bits per heavy atom. The average molecular weight is 1590 g/mol. The SMILES string of the molecule is c1ccc2c(c1)c1cc(-c3cc4c5ccccc5n5c6ccccc6c(c3)c45)cc3c4ccccc4n2c13.c1ccc2c(c1)c1cccc3c4cc(-c5cc6c7ccccc7n7c8ccccc8c(c5)c67)ccc4n2c13.c1ccc2c(c1)c1ccccc1c1cc(-n3c4ccccc4c4cc(-c5ccc6c(c5)c5cccc7c8ccccc8n6c75)ccc43)ccc21. The lowest BCUT2D eigenvalue weighted by Crippen LogP contribution is -1.94. The number of para-hydroxylation sites is 11. The highest BCUT2D eigenvalue weighted by molar-refractivity contribution is 6.32. The first-order chi connectivity index (χ1) is 62.5. The molecule has 0 N–H and O–H groups in total. The number of benzene rings is 21. The van der Waals surface area contributed by atoms with Gasteiger partial charge in [-0.15, -0.1) is 0 Å². The molecule has 0 aliphatic heterocycles. The Hall–Kier alpha value is -16.8. The molecule has 0 amide bonds. The fourth-order valence-electron chi connectivity index (χ4n) is 23.5. The third-order valence-electron chi connectivity index (χ3n) is 28.7. The first kappa shape index (κ1) is 66.9. The third kappa shape index (κ3) is 8.73. The van der Waals surface area contributed by atoms with E-state index in [2.05, 4.69) is 439 Å². The molecule has 6 nitrogen and oxygen atoms in total. The second kappa shape index (κ2) is 24.5. The molecule has 32 rings (SSSR count). The minimum Gasteiger partial charge on any atom is -0.309 e. The van der Waals surface area contributed by atoms with Crippen molar-refractivity contribution in [2.45, 2.75) is 0 Å². The lowest BCUT2D eigenvalue weighted by atomic mass is 9.94. The Morgan fingerprint density at radius 1 is 0.103 bits per heavy atom. The van der Waals surface area contributed by atoms with Gasteiger partial charge in [0.05, 0.1) is 93.8 Å². The molecule has 0 bridgehead atoms. The number of rotatable bonds is 4. The van der Waals surface area contributed by atoms with E-state index in [1.807, 2.05) is 0 Å². The molecular formula is C120H68N6. The molecule has 0 unspecified atom stereocenters. The van der Waals surface area contributed by atoms with E-state index < -0.39 is 0 Å². The molecule has 0 fully saturated rings. The third-order valence-corrected chi connectivity index (χ3v) is 28.7. The van der Waals surface area contributed by atoms with Gasteiger partial charge in [-0.3, -0.25) is 0 Å². The lowest BCUT2D eigenvalue weighted by molar-refractivity contribution is 1.19. The van der Waals surface area contributed by atoms with Crippen molar-refractivity contribution in [3.8, 4) is 39.1 Å². The van der Waals surface area contributed by atoms with Crippen LogP contribution in [0.25, 0.3) is 284 Å². The molecule has 11 heterocycles. The van der Waals surface area contributed by atoms with Crippen molar-refractivity contribution in [1.29, 1.82) is 0 Å². The quantitative estimate of drug-likeness (QED) is 0.157. The molecule has 21 aromatic carbocycles. The van der Waals surface area contributed by atoms with E-state index in [1.54, 1.807) is 0 Å². The second-order valence-electron chi connectivity index (χ2n) is 34.8. The van der Waals surface area contributed by atoms with Gasteiger partial charge in [0.1, 0.15) is 0 Å². The Morgan fingerprint density at radius 3 is 0.619 bits per heavy atom. The normalized spacial score (nSPS) is 12.6. The van der Waals surface area contributed by atoms with Crippen molar-refractivity contribution in [1.82, 2.24) is 26.6 Å². The van der Waals surface area contributed by atoms with Crippen LogP contribution in [0.2, 0.25) is 0 Å². The number of nitrogens with zero attached hydrogens (tertiary/aromatic N) is 6. The van der Waals surface area contributed by atoms with E-state index in [-0.39, 0.29) is 0 Å². The van der Waals surface area contributed by atoms with Gasteiger partial charge in [0.2, 0.25) is 0 Å². The van der Waals surface area contributed by atoms with Crippen LogP contribution < -0.4 is 0 Å². The van der Waals surface area contributed by atoms with Crippen LogP contribution in [0.15, 0.2) is 413 Å². The van der Waals surface area contributed by atoms with Gasteiger partial charge in [-0.05, 0) is 205 Å². The van der Waals surface area contributed by atoms with E-state index in [1.165, 1.54) is 284 Å². The standard InChI is InChI=1S/C48H28N2.2C36H20N2/c1-2-12-34-32(10-1)33-11-3-4-13-35(33)41-28-31(22-23-36(34)41)49-44-18-7-6-15-38(44)42-26-29(20-24-46(42)49)30-21-25-47-43(27-30)40-17-9-16-39-37-14-5-8-19-45(37)50(47)48(39)40;1-5-13-31-23(9-1)27-17-21(18-28-24-10-2-6-14-32(24)37(31)35(27)28)22-19-29-25-11-3-7-15-33(25)38-34-16-8-4-12-26(34)30(20-22)36(29)38;1-4-13-31-23(8-1)26-11-7-12-27-28-18-21(16-17-34(28)38(31)35(26)27)22-19-29-24-9-2-5-14-32(24)37-33-15-6-3-10-25(33)30(20-22)36(29)37/h1-28H;2*1-20H. The maximum absolute atomic E-state index is 2.45. The minimum atomic E-state index is 1.18. The maximum Gasteiger partial charge on any atom is 0.0620 e. The molecular weight excluding hydrogens is 1530 g/mol. The summed E-state index contributed by atoms with van der Waals surface area (Å²) in [7, 11) is 0. The Kier molecular flexibility index (Phi) is 13.0. The molecule has 0 radical (unpaired) electrons. The predicted octanol–water partition coefficient (Wildman–Crippen LogP) is 32.4. The lowest BCUT2D eigenvalue weighted by Gasteiger charge is -2.14. The van der Waals surface area contributed by atoms with Crippen molar-refractivity contribution in [2.24, 2.45) is 0 Å². The Bertz CT molecular complexity index is 9880. The van der Waals surface area contributed by atoms with Gasteiger partial charge in [0.15, 0.2) is 0 Å². The summed E-state index contributed by atoms with van der Waals surface area (Å²) < 4.78 is 14.7. The van der Waals surface area contributed by atoms with Crippen LogP contribution in [0.4, 0.5) is 0 Å². The average Bonchev–Trinajstić information content (AvgIpc) is 1.54. The van der Waals surface area contributed by atoms with Gasteiger partial charge in [-0.25, -0.2) is 0 Å². The van der Waals surface area contributed by atoms with Crippen molar-refractivity contribution >= 4 is 245 Å². The van der Waals surface area contributed by atoms with E-state index in [0.29, 0.717) is 0 Å². The molecule has 0 spiro atoms. The monoisotopic (exact) mass is 1590 g/mol. The summed E-state index contributed by atoms with van der Waals surface area (Å²) in [4.78, 5) is 0. The molecule has 0 saturated heterocycles. The number of aromatic nitrogens is 6. The molecule has 11 aromatic heterocycles. The zero-order chi connectivity index (χ0) is 81.6. The first-order valence-corrected chi connectivity index (χ1v) is 43.8. The van der Waals surface area contributed by atoms with Crippen molar-refractivity contribution in [3.05, 3.63) is 413 Å². The minimum absolute atomic E-state index is 1.18. The van der Waals surface area contributed by atoms with Gasteiger partial charge in [0, 0.05) is 124 Å². The van der Waals surface area contributed by atoms with Crippen LogP contribution in [0.5, 0.6) is 0 Å². The van der Waals surface area contributed by atoms with Crippen molar-refractivity contribution < 1.29 is 0 Å². The zero-order valence-corrected chi connectivity index (χ0v) is 67.9. The summed E-state index contributed by atoms with van der Waals surface area (Å²) in [5.74, 6) is 0. The van der Waals surface area contributed by atoms with E-state index in [0.717, 1.165) is 0 Å². The fraction of sp³-hybridized carbons (Fsp3) is 0. The maximum atomic E-state index is 2.45. The topological polar surface area (TPSA) is 27.0 Å². The van der Waals surface area contributed by atoms with Crippen LogP contribution >= 0.6 is 0 Å². The van der Waals surface area contributed by atoms with Gasteiger partial charge >= 0.3 is 0 Å². The largest absolute Gasteiger partial charge is 0.309 e. The summed E-state index contributed by atoms with van der Waals surface area (Å²) in [6.07, 6.45) is 0. The molecule has 0 aliphatic rings. The molecule has 126 heavy (non-hydrogen) atoms. The Labute approximate surface area is 717 Å². The van der Waals surface area contributed by atoms with Gasteiger partial charge in [-0.1, -0.05) is 273 Å². The molecule has 6 heteroatoms. The second-order valence-corrected chi connectivity index (χ2v) is 34.8. The summed E-state index contributed by atoms with van der Waals surface area (Å²) in [6, 6.07) is 153. The van der Waals surface area contributed by atoms with Crippen LogP contribution in [0, 0.1) is 0 Å². The van der Waals surface area contributed by atoms with Gasteiger partial charge in [-0.2, -0.15) is 0 Å². The summed E-state index contributed by atoms with van der Waals surface area (Å²) in [5, 5.41) is 36.6. The van der Waals surface area contributed by atoms with Gasteiger partial charge in [0.25, 0.3) is 0 Å². The number of hydrogen-bond acceptors (Lipinski definition) is 0. The predicted molar refractivity (Wildman–Crippen MR) is 536 cm³/mol. The highest BCUT2D eigenvalue weighted by atomic mass is 15.0. The number of hydrogen-bond donors (Lipinski definition) is 0. The summed E-state index contributed by atoms with van der Waals surface area (Å²) in [5.41, 5.74) is 30.5. The van der Waals surface area contributed by atoms with Crippen molar-refractivity contribution in [2.75, 3.05) is 0 Å². The molecule has 32 aromatic rings. The van der Waals surface area contributed by atoms with Crippen LogP contribution in [-0.2, 0) is 0 Å². The molecule has 0 aliphatic carbocycles. The zero-order valence-electron chi connectivity index (χ0n) is 67.9. The van der Waals surface area contributed by atoms with Crippen LogP contribution in [-0.4, -0.2) is 26.6 Å². The smallest absolute Gasteiger partial charge is 0.0620 e. The van der Waals surface area contributed by atoms with E-state index in [4.69, 9.17) is 0 Å². The first-order valence-electron chi connectivity index (χ1n) is 43.8. The fourth-order valence-corrected chi connectivity index (χ4v) is 23.5. The molecule has 578 valence electrons. The Balaban J connectivity index is 0.0000000935. The van der Waals surface area contributed by atoms with Crippen LogP contribution in [0.1, 0.15) is 0 Å². The molecule has 0 atom stereocenters. The number of fused-ring (bicyclic) bond motifs is 39. The highest BCUT2D eigenvalue weighted by Gasteiger charge is 2.27. The van der Waals surface area contributed by atoms with E-state index >= 15 is 0 Å². The van der Waals surface area contributed by atoms with Crippen LogP contribution in [0.3, 0.4) is 0 Å². The summed E-state index contributed by atoms with van der Waals surface area (Å²) >= 11 is 0.